The van der Waals surface area contributed by atoms with Gasteiger partial charge in [-0.15, -0.1) is 0 Å². The maximum atomic E-state index is 9.62. The molecule has 0 unspecified atom stereocenters. The van der Waals surface area contributed by atoms with Crippen molar-refractivity contribution in [1.29, 1.82) is 0 Å². The normalized spacial score (nSPS) is 10.2. The summed E-state index contributed by atoms with van der Waals surface area (Å²) in [4.78, 5) is 9.48. The van der Waals surface area contributed by atoms with E-state index in [1.165, 1.54) is 64.2 Å². The molecule has 0 aliphatic heterocycles. The second-order valence-corrected chi connectivity index (χ2v) is 6.40. The number of unbranched alkanes of at least 4 members (excludes halogenated alkanes) is 9. The molecule has 0 aliphatic rings. The Labute approximate surface area is 153 Å². The predicted octanol–water partition coefficient (Wildman–Crippen LogP) is 1.00. The van der Waals surface area contributed by atoms with Crippen LogP contribution in [-0.4, -0.2) is 29.8 Å². The van der Waals surface area contributed by atoms with E-state index in [2.05, 4.69) is 13.8 Å². The van der Waals surface area contributed by atoms with Crippen LogP contribution in [0.25, 0.3) is 0 Å². The Bertz CT molecular complexity index is 313. The molecule has 2 N–H and O–H groups in total. The summed E-state index contributed by atoms with van der Waals surface area (Å²) in [5.74, 6) is -2.79. The van der Waals surface area contributed by atoms with E-state index in [4.69, 9.17) is 9.66 Å². The van der Waals surface area contributed by atoms with E-state index in [-0.39, 0.29) is 31.0 Å². The Morgan fingerprint density at radius 3 is 1.29 bits per heavy atom. The minimum atomic E-state index is -4.32. The molecular weight excluding hydrogens is 303 g/mol. The number of aliphatic carboxylic acids is 1. The minimum absolute atomic E-state index is 0. The molecule has 0 atom stereocenters. The third-order valence-corrected chi connectivity index (χ3v) is 3.37. The Balaban J connectivity index is -0.000000144. The molecule has 0 amide bonds. The largest absolute Gasteiger partial charge is 1.00 e. The van der Waals surface area contributed by atoms with Gasteiger partial charge in [0.25, 0.3) is 10.1 Å². The van der Waals surface area contributed by atoms with Gasteiger partial charge in [-0.25, -0.2) is 0 Å². The predicted molar refractivity (Wildman–Crippen MR) is 82.7 cm³/mol. The van der Waals surface area contributed by atoms with Crippen LogP contribution >= 0.6 is 0 Å². The molecule has 0 saturated heterocycles. The van der Waals surface area contributed by atoms with Crippen LogP contribution in [0.15, 0.2) is 0 Å². The van der Waals surface area contributed by atoms with Crippen LogP contribution in [0.1, 0.15) is 79.5 Å². The van der Waals surface area contributed by atoms with Crippen LogP contribution < -0.4 is 29.6 Å². The van der Waals surface area contributed by atoms with Gasteiger partial charge in [0, 0.05) is 0 Å². The first kappa shape index (κ1) is 26.3. The fourth-order valence-corrected chi connectivity index (χ4v) is 2.03. The van der Waals surface area contributed by atoms with Crippen molar-refractivity contribution >= 4 is 16.1 Å². The topological polar surface area (TPSA) is 91.7 Å². The molecule has 5 nitrogen and oxygen atoms in total. The summed E-state index contributed by atoms with van der Waals surface area (Å²) in [5.41, 5.74) is 0. The zero-order valence-corrected chi connectivity index (χ0v) is 16.6. The van der Waals surface area contributed by atoms with Crippen LogP contribution in [0.5, 0.6) is 0 Å². The van der Waals surface area contributed by atoms with Gasteiger partial charge in [-0.05, 0) is 0 Å². The molecule has 0 fully saturated rings. The molecule has 124 valence electrons. The SMILES string of the molecule is CCCCCCCCCCCC.O=C(O)CS(=O)(=O)O.[H-].[Na+]. The first-order valence-electron chi connectivity index (χ1n) is 7.50. The molecule has 0 saturated carbocycles. The summed E-state index contributed by atoms with van der Waals surface area (Å²) in [7, 11) is -4.32. The quantitative estimate of drug-likeness (QED) is 0.334. The van der Waals surface area contributed by atoms with Crippen molar-refractivity contribution in [3.63, 3.8) is 0 Å². The van der Waals surface area contributed by atoms with Crippen molar-refractivity contribution in [2.45, 2.75) is 78.1 Å². The summed E-state index contributed by atoms with van der Waals surface area (Å²) in [6, 6.07) is 0. The molecule has 0 aromatic carbocycles. The van der Waals surface area contributed by atoms with E-state index in [0.717, 1.165) is 0 Å². The molecule has 0 aromatic heterocycles. The zero-order valence-electron chi connectivity index (χ0n) is 14.8. The standard InChI is InChI=1S/C12H26.C2H4O5S.Na.H/c1-3-5-7-9-11-12-10-8-6-4-2;3-2(4)1-8(5,6)7;;/h3-12H2,1-2H3;1H2,(H,3,4)(H,5,6,7);;/q;;+1;-1. The first-order valence-corrected chi connectivity index (χ1v) is 9.11. The number of carbonyl (C=O) groups is 1. The van der Waals surface area contributed by atoms with Crippen LogP contribution in [0.3, 0.4) is 0 Å². The Kier molecular flexibility index (Phi) is 23.1. The van der Waals surface area contributed by atoms with E-state index >= 15 is 0 Å². The van der Waals surface area contributed by atoms with E-state index in [1.54, 1.807) is 0 Å². The van der Waals surface area contributed by atoms with Crippen molar-refractivity contribution in [1.82, 2.24) is 0 Å². The van der Waals surface area contributed by atoms with Gasteiger partial charge in [0.2, 0.25) is 0 Å². The van der Waals surface area contributed by atoms with E-state index in [1.807, 2.05) is 0 Å². The van der Waals surface area contributed by atoms with Crippen LogP contribution in [0, 0.1) is 0 Å². The smallest absolute Gasteiger partial charge is 1.00 e. The maximum absolute atomic E-state index is 9.62. The van der Waals surface area contributed by atoms with Gasteiger partial charge < -0.3 is 6.53 Å². The molecule has 0 aliphatic carbocycles. The van der Waals surface area contributed by atoms with Gasteiger partial charge in [-0.3, -0.25) is 9.35 Å². The Hall–Kier alpha value is 0.380. The van der Waals surface area contributed by atoms with E-state index in [0.29, 0.717) is 0 Å². The number of carboxylic acid groups (broad SMARTS) is 1. The third kappa shape index (κ3) is 33.3. The molecule has 21 heavy (non-hydrogen) atoms. The molecule has 0 radical (unpaired) electrons. The zero-order chi connectivity index (χ0) is 15.9. The first-order chi connectivity index (χ1) is 9.33. The van der Waals surface area contributed by atoms with Gasteiger partial charge in [0.05, 0.1) is 0 Å². The van der Waals surface area contributed by atoms with Crippen molar-refractivity contribution < 1.29 is 53.9 Å². The molecular formula is C14H31NaO5S. The van der Waals surface area contributed by atoms with Gasteiger partial charge in [-0.1, -0.05) is 78.1 Å². The van der Waals surface area contributed by atoms with Crippen molar-refractivity contribution in [2.24, 2.45) is 0 Å². The van der Waals surface area contributed by atoms with Crippen LogP contribution in [-0.2, 0) is 14.9 Å². The van der Waals surface area contributed by atoms with Crippen molar-refractivity contribution in [3.8, 4) is 0 Å². The number of rotatable bonds is 11. The summed E-state index contributed by atoms with van der Waals surface area (Å²) in [6.07, 6.45) is 14.4. The summed E-state index contributed by atoms with van der Waals surface area (Å²) in [5, 5.41) is 7.71. The summed E-state index contributed by atoms with van der Waals surface area (Å²) < 4.78 is 27.0. The second-order valence-electron chi connectivity index (χ2n) is 4.95. The summed E-state index contributed by atoms with van der Waals surface area (Å²) >= 11 is 0. The van der Waals surface area contributed by atoms with E-state index in [9.17, 15) is 13.2 Å². The van der Waals surface area contributed by atoms with Crippen molar-refractivity contribution in [2.75, 3.05) is 5.75 Å². The fourth-order valence-electron chi connectivity index (χ4n) is 1.72. The molecule has 0 spiro atoms. The third-order valence-electron chi connectivity index (χ3n) is 2.76. The Morgan fingerprint density at radius 2 is 1.14 bits per heavy atom. The number of carboxylic acids is 1. The number of hydrogen-bond acceptors (Lipinski definition) is 3. The van der Waals surface area contributed by atoms with Crippen LogP contribution in [0.2, 0.25) is 0 Å². The van der Waals surface area contributed by atoms with Gasteiger partial charge in [-0.2, -0.15) is 8.42 Å². The molecule has 0 aromatic rings. The average Bonchev–Trinajstić information content (AvgIpc) is 2.30. The van der Waals surface area contributed by atoms with E-state index < -0.39 is 21.8 Å². The average molecular weight is 334 g/mol. The summed E-state index contributed by atoms with van der Waals surface area (Å²) in [6.45, 7) is 4.56. The molecule has 0 heterocycles. The molecule has 0 bridgehead atoms. The Morgan fingerprint density at radius 1 is 0.857 bits per heavy atom. The maximum Gasteiger partial charge on any atom is 1.00 e. The minimum Gasteiger partial charge on any atom is -1.00 e. The van der Waals surface area contributed by atoms with Crippen LogP contribution in [0.4, 0.5) is 0 Å². The van der Waals surface area contributed by atoms with Gasteiger partial charge in [0.1, 0.15) is 0 Å². The monoisotopic (exact) mass is 334 g/mol. The fraction of sp³-hybridized carbons (Fsp3) is 0.929. The number of hydrogen-bond donors (Lipinski definition) is 2. The van der Waals surface area contributed by atoms with Gasteiger partial charge in [0.15, 0.2) is 5.75 Å². The second kappa shape index (κ2) is 18.4. The molecule has 7 heteroatoms. The molecule has 0 rings (SSSR count). The van der Waals surface area contributed by atoms with Crippen molar-refractivity contribution in [3.05, 3.63) is 0 Å². The van der Waals surface area contributed by atoms with Gasteiger partial charge >= 0.3 is 35.5 Å².